The first kappa shape index (κ1) is 9.60. The third kappa shape index (κ3) is 1.53. The lowest BCUT2D eigenvalue weighted by atomic mass is 10.1. The van der Waals surface area contributed by atoms with Crippen LogP contribution in [0.3, 0.4) is 0 Å². The summed E-state index contributed by atoms with van der Waals surface area (Å²) in [5.41, 5.74) is 10.4. The standard InChI is InChI=1S/C13H14N2O/c14-7-13-15-12(8-16-13)11-5-4-9-2-1-3-10(9)6-11/h4-6,8H,1-3,7,14H2. The molecule has 0 spiro atoms. The van der Waals surface area contributed by atoms with E-state index in [1.165, 1.54) is 30.4 Å². The molecule has 0 atom stereocenters. The van der Waals surface area contributed by atoms with Crippen molar-refractivity contribution >= 4 is 0 Å². The van der Waals surface area contributed by atoms with Gasteiger partial charge >= 0.3 is 0 Å². The van der Waals surface area contributed by atoms with Crippen molar-refractivity contribution in [1.82, 2.24) is 4.98 Å². The largest absolute Gasteiger partial charge is 0.447 e. The lowest BCUT2D eigenvalue weighted by Gasteiger charge is -2.01. The molecule has 1 aromatic carbocycles. The smallest absolute Gasteiger partial charge is 0.208 e. The Balaban J connectivity index is 2.00. The van der Waals surface area contributed by atoms with Crippen LogP contribution in [0.15, 0.2) is 28.9 Å². The monoisotopic (exact) mass is 214 g/mol. The maximum Gasteiger partial charge on any atom is 0.208 e. The zero-order valence-electron chi connectivity index (χ0n) is 9.07. The molecular weight excluding hydrogens is 200 g/mol. The lowest BCUT2D eigenvalue weighted by molar-refractivity contribution is 0.498. The van der Waals surface area contributed by atoms with E-state index in [1.807, 2.05) is 0 Å². The fraction of sp³-hybridized carbons (Fsp3) is 0.308. The van der Waals surface area contributed by atoms with Gasteiger partial charge in [0.05, 0.1) is 6.54 Å². The van der Waals surface area contributed by atoms with Gasteiger partial charge < -0.3 is 10.2 Å². The predicted octanol–water partition coefficient (Wildman–Crippen LogP) is 2.29. The highest BCUT2D eigenvalue weighted by molar-refractivity contribution is 5.60. The predicted molar refractivity (Wildman–Crippen MR) is 61.9 cm³/mol. The maximum atomic E-state index is 5.48. The topological polar surface area (TPSA) is 52.0 Å². The molecule has 0 saturated heterocycles. The molecule has 3 heteroatoms. The molecule has 0 amide bonds. The molecule has 1 aliphatic rings. The summed E-state index contributed by atoms with van der Waals surface area (Å²) in [4.78, 5) is 4.33. The van der Waals surface area contributed by atoms with Crippen LogP contribution in [-0.4, -0.2) is 4.98 Å². The van der Waals surface area contributed by atoms with Gasteiger partial charge in [0.2, 0.25) is 5.89 Å². The Morgan fingerprint density at radius 2 is 2.12 bits per heavy atom. The van der Waals surface area contributed by atoms with E-state index in [1.54, 1.807) is 6.26 Å². The third-order valence-electron chi connectivity index (χ3n) is 3.12. The molecule has 2 N–H and O–H groups in total. The van der Waals surface area contributed by atoms with Crippen molar-refractivity contribution in [3.8, 4) is 11.3 Å². The summed E-state index contributed by atoms with van der Waals surface area (Å²) in [5, 5.41) is 0. The Bertz CT molecular complexity index is 516. The van der Waals surface area contributed by atoms with Crippen molar-refractivity contribution in [2.24, 2.45) is 5.73 Å². The summed E-state index contributed by atoms with van der Waals surface area (Å²) < 4.78 is 5.25. The van der Waals surface area contributed by atoms with Gasteiger partial charge in [-0.2, -0.15) is 0 Å². The van der Waals surface area contributed by atoms with E-state index >= 15 is 0 Å². The molecule has 16 heavy (non-hydrogen) atoms. The molecule has 2 aromatic rings. The van der Waals surface area contributed by atoms with Gasteiger partial charge in [-0.05, 0) is 36.5 Å². The Hall–Kier alpha value is -1.61. The zero-order chi connectivity index (χ0) is 11.0. The van der Waals surface area contributed by atoms with Crippen LogP contribution in [0, 0.1) is 0 Å². The highest BCUT2D eigenvalue weighted by Crippen LogP contribution is 2.27. The lowest BCUT2D eigenvalue weighted by Crippen LogP contribution is -1.95. The Kier molecular flexibility index (Phi) is 2.26. The first-order valence-corrected chi connectivity index (χ1v) is 5.63. The summed E-state index contributed by atoms with van der Waals surface area (Å²) in [7, 11) is 0. The van der Waals surface area contributed by atoms with Crippen LogP contribution < -0.4 is 5.73 Å². The molecule has 0 radical (unpaired) electrons. The van der Waals surface area contributed by atoms with Crippen molar-refractivity contribution in [3.63, 3.8) is 0 Å². The van der Waals surface area contributed by atoms with Gasteiger partial charge in [0.25, 0.3) is 0 Å². The van der Waals surface area contributed by atoms with Gasteiger partial charge in [0.15, 0.2) is 0 Å². The van der Waals surface area contributed by atoms with Gasteiger partial charge in [-0.25, -0.2) is 4.98 Å². The summed E-state index contributed by atoms with van der Waals surface area (Å²) >= 11 is 0. The normalized spacial score (nSPS) is 14.1. The highest BCUT2D eigenvalue weighted by atomic mass is 16.3. The van der Waals surface area contributed by atoms with E-state index in [0.29, 0.717) is 12.4 Å². The number of nitrogens with two attached hydrogens (primary N) is 1. The average molecular weight is 214 g/mol. The summed E-state index contributed by atoms with van der Waals surface area (Å²) in [6.07, 6.45) is 5.35. The second-order valence-electron chi connectivity index (χ2n) is 4.17. The van der Waals surface area contributed by atoms with Crippen molar-refractivity contribution in [1.29, 1.82) is 0 Å². The number of aromatic nitrogens is 1. The molecule has 3 rings (SSSR count). The van der Waals surface area contributed by atoms with Gasteiger partial charge in [0, 0.05) is 5.56 Å². The van der Waals surface area contributed by atoms with Crippen LogP contribution in [-0.2, 0) is 19.4 Å². The first-order valence-electron chi connectivity index (χ1n) is 5.63. The zero-order valence-corrected chi connectivity index (χ0v) is 9.07. The van der Waals surface area contributed by atoms with Crippen LogP contribution in [0.2, 0.25) is 0 Å². The van der Waals surface area contributed by atoms with Crippen LogP contribution in [0.4, 0.5) is 0 Å². The molecule has 3 nitrogen and oxygen atoms in total. The van der Waals surface area contributed by atoms with E-state index in [0.717, 1.165) is 11.3 Å². The summed E-state index contributed by atoms with van der Waals surface area (Å²) in [6.45, 7) is 0.352. The number of rotatable bonds is 2. The SMILES string of the molecule is NCc1nc(-c2ccc3c(c2)CCC3)co1. The van der Waals surface area contributed by atoms with Gasteiger partial charge in [-0.1, -0.05) is 12.1 Å². The molecule has 0 aliphatic heterocycles. The summed E-state index contributed by atoms with van der Waals surface area (Å²) in [6, 6.07) is 6.54. The number of hydrogen-bond acceptors (Lipinski definition) is 3. The van der Waals surface area contributed by atoms with E-state index in [4.69, 9.17) is 10.2 Å². The van der Waals surface area contributed by atoms with Gasteiger partial charge in [0.1, 0.15) is 12.0 Å². The average Bonchev–Trinajstić information content (AvgIpc) is 2.96. The van der Waals surface area contributed by atoms with Crippen molar-refractivity contribution in [2.45, 2.75) is 25.8 Å². The minimum Gasteiger partial charge on any atom is -0.447 e. The maximum absolute atomic E-state index is 5.48. The van der Waals surface area contributed by atoms with Crippen LogP contribution in [0.25, 0.3) is 11.3 Å². The first-order chi connectivity index (χ1) is 7.86. The highest BCUT2D eigenvalue weighted by Gasteiger charge is 2.12. The minimum atomic E-state index is 0.352. The number of benzene rings is 1. The van der Waals surface area contributed by atoms with Crippen molar-refractivity contribution in [2.75, 3.05) is 0 Å². The van der Waals surface area contributed by atoms with E-state index < -0.39 is 0 Å². The molecule has 0 bridgehead atoms. The van der Waals surface area contributed by atoms with Crippen LogP contribution >= 0.6 is 0 Å². The Labute approximate surface area is 94.3 Å². The van der Waals surface area contributed by atoms with Crippen molar-refractivity contribution < 1.29 is 4.42 Å². The second-order valence-corrected chi connectivity index (χ2v) is 4.17. The fourth-order valence-corrected chi connectivity index (χ4v) is 2.27. The molecular formula is C13H14N2O. The number of aryl methyl sites for hydroxylation is 2. The minimum absolute atomic E-state index is 0.352. The second kappa shape index (κ2) is 3.76. The van der Waals surface area contributed by atoms with Gasteiger partial charge in [-0.15, -0.1) is 0 Å². The quantitative estimate of drug-likeness (QED) is 0.834. The molecule has 1 aromatic heterocycles. The molecule has 82 valence electrons. The van der Waals surface area contributed by atoms with Gasteiger partial charge in [-0.3, -0.25) is 0 Å². The fourth-order valence-electron chi connectivity index (χ4n) is 2.27. The number of nitrogens with zero attached hydrogens (tertiary/aromatic N) is 1. The van der Waals surface area contributed by atoms with Crippen molar-refractivity contribution in [3.05, 3.63) is 41.5 Å². The number of hydrogen-bond donors (Lipinski definition) is 1. The molecule has 0 unspecified atom stereocenters. The van der Waals surface area contributed by atoms with E-state index in [-0.39, 0.29) is 0 Å². The Morgan fingerprint density at radius 3 is 2.94 bits per heavy atom. The number of fused-ring (bicyclic) bond motifs is 1. The van der Waals surface area contributed by atoms with Crippen LogP contribution in [0.1, 0.15) is 23.4 Å². The molecule has 0 fully saturated rings. The van der Waals surface area contributed by atoms with E-state index in [2.05, 4.69) is 23.2 Å². The Morgan fingerprint density at radius 1 is 1.25 bits per heavy atom. The molecule has 0 saturated carbocycles. The molecule has 1 heterocycles. The summed E-state index contributed by atoms with van der Waals surface area (Å²) in [5.74, 6) is 0.593. The van der Waals surface area contributed by atoms with Crippen LogP contribution in [0.5, 0.6) is 0 Å². The number of oxazole rings is 1. The van der Waals surface area contributed by atoms with E-state index in [9.17, 15) is 0 Å². The molecule has 1 aliphatic carbocycles. The third-order valence-corrected chi connectivity index (χ3v) is 3.12.